The Bertz CT molecular complexity index is 1330. The second kappa shape index (κ2) is 9.46. The third kappa shape index (κ3) is 4.76. The number of fused-ring (bicyclic) bond motifs is 1. The minimum atomic E-state index is -0.326. The molecule has 0 spiro atoms. The number of carbonyl (C=O) groups excluding carboxylic acids is 2. The molecule has 4 rings (SSSR count). The lowest BCUT2D eigenvalue weighted by Gasteiger charge is -2.08. The van der Waals surface area contributed by atoms with Gasteiger partial charge in [-0.25, -0.2) is 4.39 Å². The number of halogens is 2. The van der Waals surface area contributed by atoms with Crippen molar-refractivity contribution in [2.45, 2.75) is 19.9 Å². The summed E-state index contributed by atoms with van der Waals surface area (Å²) in [4.78, 5) is 26.1. The van der Waals surface area contributed by atoms with Gasteiger partial charge in [-0.3, -0.25) is 14.2 Å². The van der Waals surface area contributed by atoms with E-state index in [9.17, 15) is 14.0 Å². The molecule has 0 saturated carbocycles. The maximum absolute atomic E-state index is 13.3. The number of methoxy groups -OCH3 is 1. The maximum atomic E-state index is 13.3. The van der Waals surface area contributed by atoms with Crippen molar-refractivity contribution in [3.63, 3.8) is 0 Å². The second-order valence-corrected chi connectivity index (χ2v) is 8.11. The van der Waals surface area contributed by atoms with Gasteiger partial charge >= 0.3 is 0 Å². The maximum Gasteiger partial charge on any atom is 0.262 e. The van der Waals surface area contributed by atoms with E-state index in [1.807, 2.05) is 19.1 Å². The number of amides is 1. The van der Waals surface area contributed by atoms with Crippen molar-refractivity contribution < 1.29 is 18.7 Å². The first-order valence-electron chi connectivity index (χ1n) is 10.4. The molecule has 0 bridgehead atoms. The van der Waals surface area contributed by atoms with Crippen LogP contribution in [0.3, 0.4) is 0 Å². The van der Waals surface area contributed by atoms with Crippen molar-refractivity contribution in [1.82, 2.24) is 9.88 Å². The van der Waals surface area contributed by atoms with Crippen molar-refractivity contribution >= 4 is 34.3 Å². The fourth-order valence-corrected chi connectivity index (χ4v) is 3.95. The van der Waals surface area contributed by atoms with Crippen LogP contribution in [-0.4, -0.2) is 23.5 Å². The number of rotatable bonds is 6. The SMILES string of the molecule is COc1ccc2c(c1)c(CC(=O)NCc1ccc(F)cc1)c(C)n2C(=O)c1ccc(Cl)cc1. The van der Waals surface area contributed by atoms with Gasteiger partial charge in [0.1, 0.15) is 11.6 Å². The van der Waals surface area contributed by atoms with Gasteiger partial charge < -0.3 is 10.1 Å². The molecule has 1 aromatic heterocycles. The number of aromatic nitrogens is 1. The normalized spacial score (nSPS) is 10.9. The molecular weight excluding hydrogens is 443 g/mol. The summed E-state index contributed by atoms with van der Waals surface area (Å²) >= 11 is 5.97. The first kappa shape index (κ1) is 22.6. The minimum Gasteiger partial charge on any atom is -0.497 e. The van der Waals surface area contributed by atoms with Crippen LogP contribution in [0.4, 0.5) is 4.39 Å². The third-order valence-electron chi connectivity index (χ3n) is 5.58. The van der Waals surface area contributed by atoms with E-state index >= 15 is 0 Å². The Hall–Kier alpha value is -3.64. The van der Waals surface area contributed by atoms with Crippen molar-refractivity contribution in [1.29, 1.82) is 0 Å². The van der Waals surface area contributed by atoms with Gasteiger partial charge in [-0.2, -0.15) is 0 Å². The van der Waals surface area contributed by atoms with E-state index in [2.05, 4.69) is 5.32 Å². The first-order chi connectivity index (χ1) is 15.9. The van der Waals surface area contributed by atoms with Crippen LogP contribution in [0.2, 0.25) is 5.02 Å². The third-order valence-corrected chi connectivity index (χ3v) is 5.83. The average molecular weight is 465 g/mol. The molecule has 0 aliphatic heterocycles. The first-order valence-corrected chi connectivity index (χ1v) is 10.7. The quantitative estimate of drug-likeness (QED) is 0.421. The molecule has 0 radical (unpaired) electrons. The highest BCUT2D eigenvalue weighted by atomic mass is 35.5. The predicted molar refractivity (Wildman–Crippen MR) is 126 cm³/mol. The highest BCUT2D eigenvalue weighted by Gasteiger charge is 2.22. The summed E-state index contributed by atoms with van der Waals surface area (Å²) in [5.74, 6) is -0.111. The molecule has 3 aromatic carbocycles. The summed E-state index contributed by atoms with van der Waals surface area (Å²) in [6, 6.07) is 18.1. The number of nitrogens with one attached hydrogen (secondary N) is 1. The van der Waals surface area contributed by atoms with Crippen LogP contribution < -0.4 is 10.1 Å². The second-order valence-electron chi connectivity index (χ2n) is 7.67. The standard InChI is InChI=1S/C26H22ClFN2O3/c1-16-22(14-25(31)29-15-17-3-9-20(28)10-4-17)23-13-21(33-2)11-12-24(23)30(16)26(32)18-5-7-19(27)8-6-18/h3-13H,14-15H2,1-2H3,(H,29,31). The van der Waals surface area contributed by atoms with E-state index in [1.54, 1.807) is 54.1 Å². The summed E-state index contributed by atoms with van der Waals surface area (Å²) in [6.07, 6.45) is 0.0809. The molecule has 1 amide bonds. The number of ether oxygens (including phenoxy) is 1. The number of benzene rings is 3. The van der Waals surface area contributed by atoms with Crippen LogP contribution in [0.15, 0.2) is 66.7 Å². The van der Waals surface area contributed by atoms with Gasteiger partial charge in [-0.1, -0.05) is 23.7 Å². The summed E-state index contributed by atoms with van der Waals surface area (Å²) in [5.41, 5.74) is 3.39. The summed E-state index contributed by atoms with van der Waals surface area (Å²) in [6.45, 7) is 2.10. The molecule has 1 heterocycles. The molecule has 0 unspecified atom stereocenters. The van der Waals surface area contributed by atoms with Crippen LogP contribution in [0.25, 0.3) is 10.9 Å². The minimum absolute atomic E-state index is 0.0809. The smallest absolute Gasteiger partial charge is 0.262 e. The summed E-state index contributed by atoms with van der Waals surface area (Å²) in [5, 5.41) is 4.18. The van der Waals surface area contributed by atoms with Crippen molar-refractivity contribution in [3.05, 3.63) is 100.0 Å². The van der Waals surface area contributed by atoms with Crippen LogP contribution >= 0.6 is 11.6 Å². The molecule has 0 aliphatic rings. The van der Waals surface area contributed by atoms with Gasteiger partial charge in [0.25, 0.3) is 5.91 Å². The van der Waals surface area contributed by atoms with Crippen LogP contribution in [0.1, 0.15) is 27.2 Å². The van der Waals surface area contributed by atoms with Crippen molar-refractivity contribution in [3.8, 4) is 5.75 Å². The molecule has 5 nitrogen and oxygen atoms in total. The number of hydrogen-bond donors (Lipinski definition) is 1. The van der Waals surface area contributed by atoms with E-state index < -0.39 is 0 Å². The van der Waals surface area contributed by atoms with Gasteiger partial charge in [-0.05, 0) is 72.6 Å². The lowest BCUT2D eigenvalue weighted by atomic mass is 10.1. The Kier molecular flexibility index (Phi) is 6.47. The highest BCUT2D eigenvalue weighted by molar-refractivity contribution is 6.30. The lowest BCUT2D eigenvalue weighted by Crippen LogP contribution is -2.25. The molecule has 33 heavy (non-hydrogen) atoms. The highest BCUT2D eigenvalue weighted by Crippen LogP contribution is 2.31. The zero-order valence-corrected chi connectivity index (χ0v) is 18.9. The number of carbonyl (C=O) groups is 2. The van der Waals surface area contributed by atoms with Crippen LogP contribution in [0, 0.1) is 12.7 Å². The monoisotopic (exact) mass is 464 g/mol. The zero-order valence-electron chi connectivity index (χ0n) is 18.2. The Balaban J connectivity index is 1.67. The number of hydrogen-bond acceptors (Lipinski definition) is 3. The molecule has 0 saturated heterocycles. The van der Waals surface area contributed by atoms with Gasteiger partial charge in [0.15, 0.2) is 0 Å². The summed E-state index contributed by atoms with van der Waals surface area (Å²) in [7, 11) is 1.57. The van der Waals surface area contributed by atoms with Gasteiger partial charge in [0.05, 0.1) is 19.0 Å². The molecule has 0 atom stereocenters. The molecule has 4 aromatic rings. The molecule has 0 aliphatic carbocycles. The fourth-order valence-electron chi connectivity index (χ4n) is 3.82. The average Bonchev–Trinajstić information content (AvgIpc) is 3.09. The van der Waals surface area contributed by atoms with E-state index in [0.717, 1.165) is 16.5 Å². The fraction of sp³-hybridized carbons (Fsp3) is 0.154. The Morgan fingerprint density at radius 2 is 1.73 bits per heavy atom. The van der Waals surface area contributed by atoms with Crippen molar-refractivity contribution in [2.24, 2.45) is 0 Å². The number of nitrogens with zero attached hydrogens (tertiary/aromatic N) is 1. The van der Waals surface area contributed by atoms with Gasteiger partial charge in [0, 0.05) is 28.2 Å². The van der Waals surface area contributed by atoms with Crippen LogP contribution in [0.5, 0.6) is 5.75 Å². The Morgan fingerprint density at radius 1 is 1.03 bits per heavy atom. The van der Waals surface area contributed by atoms with E-state index in [0.29, 0.717) is 27.5 Å². The van der Waals surface area contributed by atoms with Gasteiger partial charge in [0.2, 0.25) is 5.91 Å². The lowest BCUT2D eigenvalue weighted by molar-refractivity contribution is -0.120. The summed E-state index contributed by atoms with van der Waals surface area (Å²) < 4.78 is 20.1. The zero-order chi connectivity index (χ0) is 23.5. The van der Waals surface area contributed by atoms with Gasteiger partial charge in [-0.15, -0.1) is 0 Å². The van der Waals surface area contributed by atoms with E-state index in [-0.39, 0.29) is 30.6 Å². The molecule has 0 fully saturated rings. The Labute approximate surface area is 195 Å². The molecule has 7 heteroatoms. The van der Waals surface area contributed by atoms with Crippen LogP contribution in [-0.2, 0) is 17.8 Å². The molecule has 1 N–H and O–H groups in total. The largest absolute Gasteiger partial charge is 0.497 e. The molecule has 168 valence electrons. The van der Waals surface area contributed by atoms with E-state index in [1.165, 1.54) is 12.1 Å². The molecular formula is C26H22ClFN2O3. The van der Waals surface area contributed by atoms with E-state index in [4.69, 9.17) is 16.3 Å². The van der Waals surface area contributed by atoms with Crippen molar-refractivity contribution in [2.75, 3.05) is 7.11 Å². The predicted octanol–water partition coefficient (Wildman–Crippen LogP) is 5.30. The topological polar surface area (TPSA) is 60.3 Å². The Morgan fingerprint density at radius 3 is 2.39 bits per heavy atom.